The number of hydrogen-bond donors (Lipinski definition) is 2. The summed E-state index contributed by atoms with van der Waals surface area (Å²) in [4.78, 5) is 16.6. The average Bonchev–Trinajstić information content (AvgIpc) is 3.24. The van der Waals surface area contributed by atoms with Gasteiger partial charge in [-0.3, -0.25) is 4.79 Å². The van der Waals surface area contributed by atoms with Crippen molar-refractivity contribution in [3.8, 4) is 38.9 Å². The number of benzene rings is 3. The van der Waals surface area contributed by atoms with E-state index in [9.17, 15) is 18.7 Å². The van der Waals surface area contributed by atoms with Crippen LogP contribution in [0.25, 0.3) is 21.7 Å². The molecular weight excluding hydrogens is 486 g/mol. The number of phenols is 1. The van der Waals surface area contributed by atoms with Gasteiger partial charge in [-0.15, -0.1) is 11.3 Å². The van der Waals surface area contributed by atoms with E-state index in [4.69, 9.17) is 26.8 Å². The lowest BCUT2D eigenvalue weighted by Crippen LogP contribution is -2.16. The Hall–Kier alpha value is -3.69. The van der Waals surface area contributed by atoms with Crippen LogP contribution in [0.2, 0.25) is 5.02 Å². The maximum Gasteiger partial charge on any atom is 0.254 e. The van der Waals surface area contributed by atoms with Crippen molar-refractivity contribution in [1.29, 1.82) is 0 Å². The first-order valence-corrected chi connectivity index (χ1v) is 11.0. The molecule has 0 unspecified atom stereocenters. The van der Waals surface area contributed by atoms with Gasteiger partial charge in [0, 0.05) is 11.1 Å². The van der Waals surface area contributed by atoms with Gasteiger partial charge in [-0.05, 0) is 48.5 Å². The minimum absolute atomic E-state index is 0.106. The zero-order chi connectivity index (χ0) is 24.4. The van der Waals surface area contributed by atoms with Crippen LogP contribution in [-0.2, 0) is 6.61 Å². The van der Waals surface area contributed by atoms with Crippen LogP contribution in [0.5, 0.6) is 17.2 Å². The number of halogens is 3. The molecule has 0 fully saturated rings. The summed E-state index contributed by atoms with van der Waals surface area (Å²) < 4.78 is 39.0. The van der Waals surface area contributed by atoms with Crippen molar-refractivity contribution in [3.63, 3.8) is 0 Å². The van der Waals surface area contributed by atoms with Gasteiger partial charge in [0.1, 0.15) is 34.5 Å². The normalized spacial score (nSPS) is 10.8. The summed E-state index contributed by atoms with van der Waals surface area (Å²) in [6, 6.07) is 14.1. The largest absolute Gasteiger partial charge is 0.506 e. The third kappa shape index (κ3) is 4.52. The zero-order valence-corrected chi connectivity index (χ0v) is 19.2. The fraction of sp³-hybridized carbons (Fsp3) is 0.0833. The lowest BCUT2D eigenvalue weighted by molar-refractivity contribution is 0.0991. The molecule has 0 bridgehead atoms. The van der Waals surface area contributed by atoms with E-state index >= 15 is 0 Å². The molecule has 0 aliphatic heterocycles. The van der Waals surface area contributed by atoms with Gasteiger partial charge in [-0.2, -0.15) is 0 Å². The number of nitrogens with zero attached hydrogens (tertiary/aromatic N) is 1. The molecule has 0 aliphatic rings. The van der Waals surface area contributed by atoms with Crippen LogP contribution in [0, 0.1) is 11.6 Å². The predicted molar refractivity (Wildman–Crippen MR) is 125 cm³/mol. The molecule has 34 heavy (non-hydrogen) atoms. The molecule has 0 saturated carbocycles. The molecule has 1 amide bonds. The Kier molecular flexibility index (Phi) is 6.67. The van der Waals surface area contributed by atoms with E-state index in [1.165, 1.54) is 11.3 Å². The van der Waals surface area contributed by atoms with Crippen LogP contribution in [0.3, 0.4) is 0 Å². The number of aromatic nitrogens is 1. The minimum Gasteiger partial charge on any atom is -0.506 e. The number of methoxy groups -OCH3 is 1. The number of rotatable bonds is 7. The lowest BCUT2D eigenvalue weighted by atomic mass is 10.1. The molecule has 4 aromatic rings. The molecule has 10 heteroatoms. The maximum absolute atomic E-state index is 14.5. The van der Waals surface area contributed by atoms with Gasteiger partial charge in [0.15, 0.2) is 11.6 Å². The van der Waals surface area contributed by atoms with Gasteiger partial charge in [0.05, 0.1) is 22.7 Å². The van der Waals surface area contributed by atoms with Crippen LogP contribution in [0.15, 0.2) is 54.6 Å². The average molecular weight is 503 g/mol. The Morgan fingerprint density at radius 2 is 1.88 bits per heavy atom. The fourth-order valence-electron chi connectivity index (χ4n) is 3.26. The van der Waals surface area contributed by atoms with Crippen LogP contribution in [-0.4, -0.2) is 23.1 Å². The number of carbonyl (C=O) groups is 1. The summed E-state index contributed by atoms with van der Waals surface area (Å²) in [6.45, 7) is -0.185. The van der Waals surface area contributed by atoms with E-state index in [2.05, 4.69) is 4.98 Å². The summed E-state index contributed by atoms with van der Waals surface area (Å²) in [5, 5.41) is 11.1. The van der Waals surface area contributed by atoms with Crippen molar-refractivity contribution in [2.75, 3.05) is 7.11 Å². The highest BCUT2D eigenvalue weighted by molar-refractivity contribution is 7.15. The zero-order valence-electron chi connectivity index (χ0n) is 17.6. The Labute approximate surface area is 202 Å². The summed E-state index contributed by atoms with van der Waals surface area (Å²) >= 11 is 7.31. The topological polar surface area (TPSA) is 94.7 Å². The molecule has 6 nitrogen and oxygen atoms in total. The number of thiazole rings is 1. The van der Waals surface area contributed by atoms with E-state index in [1.807, 2.05) is 12.1 Å². The number of ether oxygens (including phenoxy) is 2. The second-order valence-corrected chi connectivity index (χ2v) is 8.53. The number of nitrogens with two attached hydrogens (primary N) is 1. The van der Waals surface area contributed by atoms with Crippen molar-refractivity contribution >= 4 is 28.8 Å². The highest BCUT2D eigenvalue weighted by Crippen LogP contribution is 2.43. The summed E-state index contributed by atoms with van der Waals surface area (Å²) in [5.41, 5.74) is 5.93. The van der Waals surface area contributed by atoms with Gasteiger partial charge in [0.25, 0.3) is 5.91 Å². The van der Waals surface area contributed by atoms with E-state index in [0.29, 0.717) is 26.9 Å². The molecule has 0 atom stereocenters. The monoisotopic (exact) mass is 502 g/mol. The third-order valence-electron chi connectivity index (χ3n) is 4.92. The van der Waals surface area contributed by atoms with Gasteiger partial charge in [0.2, 0.25) is 0 Å². The summed E-state index contributed by atoms with van der Waals surface area (Å²) in [6.07, 6.45) is 0. The highest BCUT2D eigenvalue weighted by Gasteiger charge is 2.22. The van der Waals surface area contributed by atoms with E-state index in [0.717, 1.165) is 17.7 Å². The van der Waals surface area contributed by atoms with E-state index in [-0.39, 0.29) is 23.1 Å². The number of primary amides is 1. The van der Waals surface area contributed by atoms with Gasteiger partial charge in [-0.1, -0.05) is 17.7 Å². The van der Waals surface area contributed by atoms with Gasteiger partial charge in [-0.25, -0.2) is 13.8 Å². The Morgan fingerprint density at radius 3 is 2.56 bits per heavy atom. The van der Waals surface area contributed by atoms with Crippen molar-refractivity contribution < 1.29 is 28.2 Å². The van der Waals surface area contributed by atoms with Crippen LogP contribution >= 0.6 is 22.9 Å². The summed E-state index contributed by atoms with van der Waals surface area (Å²) in [7, 11) is 1.56. The Balaban J connectivity index is 1.73. The second kappa shape index (κ2) is 9.66. The Bertz CT molecular complexity index is 1380. The predicted octanol–water partition coefficient (Wildman–Crippen LogP) is 5.80. The van der Waals surface area contributed by atoms with Crippen LogP contribution in [0.1, 0.15) is 15.4 Å². The van der Waals surface area contributed by atoms with Gasteiger partial charge >= 0.3 is 0 Å². The van der Waals surface area contributed by atoms with Crippen molar-refractivity contribution in [3.05, 3.63) is 81.8 Å². The van der Waals surface area contributed by atoms with Crippen LogP contribution < -0.4 is 15.2 Å². The molecule has 3 aromatic carbocycles. The van der Waals surface area contributed by atoms with Crippen molar-refractivity contribution in [2.45, 2.75) is 6.61 Å². The second-order valence-electron chi connectivity index (χ2n) is 7.04. The molecule has 3 N–H and O–H groups in total. The number of carbonyl (C=O) groups excluding carboxylic acids is 1. The van der Waals surface area contributed by atoms with E-state index < -0.39 is 23.1 Å². The highest BCUT2D eigenvalue weighted by atomic mass is 35.5. The third-order valence-corrected chi connectivity index (χ3v) is 6.29. The number of phenolic OH excluding ortho intramolecular Hbond substituents is 1. The standard InChI is InChI=1S/C24H17ClF2N2O4S/c1-32-13-7-5-12(6-8-13)21-23(14-3-2-4-15(25)22(14)30)34-18(29-21)11-33-17-10-9-16(26)19(20(17)27)24(28)31/h2-10,30H,11H2,1H3,(H2,28,31). The minimum atomic E-state index is -1.24. The molecular formula is C24H17ClF2N2O4S. The van der Waals surface area contributed by atoms with Gasteiger partial charge < -0.3 is 20.3 Å². The molecule has 0 saturated heterocycles. The van der Waals surface area contributed by atoms with Crippen LogP contribution in [0.4, 0.5) is 8.78 Å². The maximum atomic E-state index is 14.5. The first kappa shape index (κ1) is 23.5. The first-order valence-electron chi connectivity index (χ1n) is 9.82. The molecule has 1 heterocycles. The molecule has 174 valence electrons. The quantitative estimate of drug-likeness (QED) is 0.333. The smallest absolute Gasteiger partial charge is 0.254 e. The molecule has 1 aromatic heterocycles. The fourth-order valence-corrected chi connectivity index (χ4v) is 4.46. The molecule has 0 aliphatic carbocycles. The molecule has 0 radical (unpaired) electrons. The number of hydrogen-bond acceptors (Lipinski definition) is 6. The SMILES string of the molecule is COc1ccc(-c2nc(COc3ccc(F)c(C(N)=O)c3F)sc2-c2cccc(Cl)c2O)cc1. The van der Waals surface area contributed by atoms with Crippen molar-refractivity contribution in [1.82, 2.24) is 4.98 Å². The molecule has 0 spiro atoms. The number of aromatic hydroxyl groups is 1. The van der Waals surface area contributed by atoms with Crippen molar-refractivity contribution in [2.24, 2.45) is 5.73 Å². The Morgan fingerprint density at radius 1 is 1.15 bits per heavy atom. The number of amides is 1. The first-order chi connectivity index (χ1) is 16.3. The summed E-state index contributed by atoms with van der Waals surface area (Å²) in [5.74, 6) is -3.30. The molecule has 4 rings (SSSR count). The van der Waals surface area contributed by atoms with E-state index in [1.54, 1.807) is 37.4 Å². The number of para-hydroxylation sites is 1. The lowest BCUT2D eigenvalue weighted by Gasteiger charge is -2.08.